The summed E-state index contributed by atoms with van der Waals surface area (Å²) in [6.45, 7) is 0. The van der Waals surface area contributed by atoms with Gasteiger partial charge in [0.15, 0.2) is 0 Å². The average molecular weight is 277 g/mol. The molecule has 1 N–H and O–H groups in total. The molecule has 0 fully saturated rings. The lowest BCUT2D eigenvalue weighted by molar-refractivity contribution is 0.0697. The Morgan fingerprint density at radius 2 is 1.33 bits per heavy atom. The first kappa shape index (κ1) is 14.5. The van der Waals surface area contributed by atoms with Gasteiger partial charge in [0.2, 0.25) is 0 Å². The van der Waals surface area contributed by atoms with Crippen LogP contribution < -0.4 is 0 Å². The van der Waals surface area contributed by atoms with E-state index in [1.165, 1.54) is 0 Å². The van der Waals surface area contributed by atoms with Gasteiger partial charge in [-0.25, -0.2) is 4.79 Å². The van der Waals surface area contributed by atoms with E-state index in [4.69, 9.17) is 5.11 Å². The number of nitrogens with zero attached hydrogens (tertiary/aromatic N) is 1. The molecule has 3 heteroatoms. The maximum atomic E-state index is 11.0. The van der Waals surface area contributed by atoms with E-state index in [9.17, 15) is 4.79 Å². The number of hydrogen-bond acceptors (Lipinski definition) is 2. The van der Waals surface area contributed by atoms with E-state index in [0.29, 0.717) is 5.56 Å². The molecular weight excluding hydrogens is 262 g/mol. The molecule has 0 atom stereocenters. The molecule has 0 saturated heterocycles. The van der Waals surface area contributed by atoms with Gasteiger partial charge in [-0.05, 0) is 29.3 Å². The number of benzene rings is 2. The Balaban J connectivity index is 0.000000225. The van der Waals surface area contributed by atoms with Gasteiger partial charge in [0.05, 0.1) is 5.56 Å². The number of carboxylic acid groups (broad SMARTS) is 1. The second kappa shape index (κ2) is 7.60. The van der Waals surface area contributed by atoms with Crippen LogP contribution in [-0.2, 0) is 0 Å². The van der Waals surface area contributed by atoms with Gasteiger partial charge < -0.3 is 5.11 Å². The predicted octanol–water partition coefficient (Wildman–Crippen LogP) is 4.13. The van der Waals surface area contributed by atoms with E-state index in [0.717, 1.165) is 11.1 Å². The maximum absolute atomic E-state index is 11.0. The number of carbonyl (C=O) groups is 1. The van der Waals surface area contributed by atoms with E-state index in [2.05, 4.69) is 4.98 Å². The molecule has 0 unspecified atom stereocenters. The van der Waals surface area contributed by atoms with Crippen molar-refractivity contribution in [2.75, 3.05) is 0 Å². The minimum Gasteiger partial charge on any atom is -0.478 e. The zero-order valence-electron chi connectivity index (χ0n) is 11.4. The molecule has 0 radical (unpaired) electrons. The summed E-state index contributed by atoms with van der Waals surface area (Å²) >= 11 is 0. The van der Waals surface area contributed by atoms with E-state index < -0.39 is 5.97 Å². The molecule has 0 aliphatic carbocycles. The lowest BCUT2D eigenvalue weighted by Crippen LogP contribution is -1.98. The Hall–Kier alpha value is -2.94. The van der Waals surface area contributed by atoms with Crippen molar-refractivity contribution < 1.29 is 9.90 Å². The van der Waals surface area contributed by atoms with Crippen LogP contribution in [0, 0.1) is 0 Å². The summed E-state index contributed by atoms with van der Waals surface area (Å²) in [4.78, 5) is 14.8. The highest BCUT2D eigenvalue weighted by Crippen LogP contribution is 2.22. The lowest BCUT2D eigenvalue weighted by atomic mass is 10.00. The van der Waals surface area contributed by atoms with Crippen molar-refractivity contribution in [3.05, 3.63) is 90.8 Å². The molecule has 3 aromatic rings. The second-order valence-electron chi connectivity index (χ2n) is 4.24. The van der Waals surface area contributed by atoms with Crippen LogP contribution in [0.2, 0.25) is 0 Å². The first-order valence-electron chi connectivity index (χ1n) is 6.52. The quantitative estimate of drug-likeness (QED) is 0.766. The Morgan fingerprint density at radius 3 is 1.86 bits per heavy atom. The van der Waals surface area contributed by atoms with Gasteiger partial charge in [-0.3, -0.25) is 4.98 Å². The summed E-state index contributed by atoms with van der Waals surface area (Å²) in [6, 6.07) is 22.2. The van der Waals surface area contributed by atoms with Gasteiger partial charge >= 0.3 is 5.97 Å². The summed E-state index contributed by atoms with van der Waals surface area (Å²) < 4.78 is 0. The average Bonchev–Trinajstić information content (AvgIpc) is 2.58. The predicted molar refractivity (Wildman–Crippen MR) is 83.1 cm³/mol. The van der Waals surface area contributed by atoms with Gasteiger partial charge in [0.1, 0.15) is 0 Å². The topological polar surface area (TPSA) is 50.2 Å². The van der Waals surface area contributed by atoms with Crippen LogP contribution in [0.1, 0.15) is 10.4 Å². The summed E-state index contributed by atoms with van der Waals surface area (Å²) in [5.41, 5.74) is 2.02. The highest BCUT2D eigenvalue weighted by Gasteiger charge is 2.09. The van der Waals surface area contributed by atoms with Crippen molar-refractivity contribution in [2.24, 2.45) is 0 Å². The largest absolute Gasteiger partial charge is 0.478 e. The molecule has 104 valence electrons. The molecule has 0 bridgehead atoms. The van der Waals surface area contributed by atoms with Gasteiger partial charge in [0, 0.05) is 12.4 Å². The fourth-order valence-corrected chi connectivity index (χ4v) is 1.85. The molecule has 3 rings (SSSR count). The maximum Gasteiger partial charge on any atom is 0.336 e. The summed E-state index contributed by atoms with van der Waals surface area (Å²) in [5, 5.41) is 9.03. The number of aromatic carboxylic acids is 1. The van der Waals surface area contributed by atoms with Crippen LogP contribution in [0.3, 0.4) is 0 Å². The highest BCUT2D eigenvalue weighted by atomic mass is 16.4. The zero-order chi connectivity index (χ0) is 14.9. The van der Waals surface area contributed by atoms with E-state index in [1.54, 1.807) is 24.5 Å². The molecule has 21 heavy (non-hydrogen) atoms. The Labute approximate surface area is 123 Å². The van der Waals surface area contributed by atoms with Crippen LogP contribution in [0.5, 0.6) is 0 Å². The minimum atomic E-state index is -0.894. The molecule has 2 aromatic carbocycles. The van der Waals surface area contributed by atoms with Gasteiger partial charge in [-0.1, -0.05) is 54.6 Å². The molecule has 0 spiro atoms. The lowest BCUT2D eigenvalue weighted by Gasteiger charge is -2.05. The molecule has 1 aromatic heterocycles. The fraction of sp³-hybridized carbons (Fsp3) is 0. The third-order valence-electron chi connectivity index (χ3n) is 2.81. The van der Waals surface area contributed by atoms with Crippen LogP contribution in [0.15, 0.2) is 85.2 Å². The van der Waals surface area contributed by atoms with Crippen LogP contribution in [-0.4, -0.2) is 16.1 Å². The van der Waals surface area contributed by atoms with Gasteiger partial charge in [-0.2, -0.15) is 0 Å². The normalized spacial score (nSPS) is 9.33. The zero-order valence-corrected chi connectivity index (χ0v) is 11.4. The van der Waals surface area contributed by atoms with E-state index in [1.807, 2.05) is 60.7 Å². The first-order valence-corrected chi connectivity index (χ1v) is 6.52. The third-order valence-corrected chi connectivity index (χ3v) is 2.81. The molecule has 0 aliphatic heterocycles. The van der Waals surface area contributed by atoms with Gasteiger partial charge in [-0.15, -0.1) is 0 Å². The molecule has 0 aliphatic rings. The van der Waals surface area contributed by atoms with Gasteiger partial charge in [0.25, 0.3) is 0 Å². The summed E-state index contributed by atoms with van der Waals surface area (Å²) in [7, 11) is 0. The van der Waals surface area contributed by atoms with Crippen molar-refractivity contribution in [1.29, 1.82) is 0 Å². The number of hydrogen-bond donors (Lipinski definition) is 1. The second-order valence-corrected chi connectivity index (χ2v) is 4.24. The Kier molecular flexibility index (Phi) is 5.24. The van der Waals surface area contributed by atoms with Crippen LogP contribution >= 0.6 is 0 Å². The summed E-state index contributed by atoms with van der Waals surface area (Å²) in [5.74, 6) is -0.894. The SMILES string of the molecule is O=C(O)c1ccccc1-c1ccccc1.c1ccncc1. The number of aromatic nitrogens is 1. The monoisotopic (exact) mass is 277 g/mol. The Bertz CT molecular complexity index is 655. The number of rotatable bonds is 2. The number of pyridine rings is 1. The number of carboxylic acids is 1. The van der Waals surface area contributed by atoms with Crippen LogP contribution in [0.25, 0.3) is 11.1 Å². The molecule has 0 amide bonds. The van der Waals surface area contributed by atoms with Crippen molar-refractivity contribution in [2.45, 2.75) is 0 Å². The van der Waals surface area contributed by atoms with Crippen molar-refractivity contribution in [3.63, 3.8) is 0 Å². The highest BCUT2D eigenvalue weighted by molar-refractivity contribution is 5.95. The van der Waals surface area contributed by atoms with E-state index >= 15 is 0 Å². The first-order chi connectivity index (χ1) is 10.3. The smallest absolute Gasteiger partial charge is 0.336 e. The molecule has 1 heterocycles. The van der Waals surface area contributed by atoms with Crippen molar-refractivity contribution in [1.82, 2.24) is 4.98 Å². The third kappa shape index (κ3) is 4.28. The van der Waals surface area contributed by atoms with Crippen molar-refractivity contribution in [3.8, 4) is 11.1 Å². The summed E-state index contributed by atoms with van der Waals surface area (Å²) in [6.07, 6.45) is 3.50. The molecular formula is C18H15NO2. The Morgan fingerprint density at radius 1 is 0.762 bits per heavy atom. The van der Waals surface area contributed by atoms with Crippen molar-refractivity contribution >= 4 is 5.97 Å². The molecule has 0 saturated carbocycles. The standard InChI is InChI=1S/C13H10O2.C5H5N/c14-13(15)12-9-5-4-8-11(12)10-6-2-1-3-7-10;1-2-4-6-5-3-1/h1-9H,(H,14,15);1-5H. The van der Waals surface area contributed by atoms with E-state index in [-0.39, 0.29) is 0 Å². The fourth-order valence-electron chi connectivity index (χ4n) is 1.85. The van der Waals surface area contributed by atoms with Crippen LogP contribution in [0.4, 0.5) is 0 Å². The minimum absolute atomic E-state index is 0.337. The molecule has 3 nitrogen and oxygen atoms in total.